The maximum Gasteiger partial charge on any atom is 0.0774 e. The van der Waals surface area contributed by atoms with Crippen molar-refractivity contribution in [2.75, 3.05) is 20.1 Å². The second-order valence-electron chi connectivity index (χ2n) is 4.88. The van der Waals surface area contributed by atoms with Gasteiger partial charge in [0.2, 0.25) is 0 Å². The number of rotatable bonds is 6. The smallest absolute Gasteiger partial charge is 0.0774 e. The lowest BCUT2D eigenvalue weighted by atomic mass is 10.0. The standard InChI is InChI=1S/C12H25NO/c1-3-4-7-10-13(2)11-12(14)8-5-6-9-12/h14H,3-11H2,1-2H3. The molecule has 1 aliphatic rings. The first-order valence-electron chi connectivity index (χ1n) is 6.07. The normalized spacial score (nSPS) is 20.6. The molecule has 0 aromatic carbocycles. The third kappa shape index (κ3) is 3.97. The van der Waals surface area contributed by atoms with E-state index in [1.807, 2.05) is 0 Å². The highest BCUT2D eigenvalue weighted by molar-refractivity contribution is 4.86. The van der Waals surface area contributed by atoms with Crippen LogP contribution < -0.4 is 0 Å². The molecule has 1 aliphatic carbocycles. The highest BCUT2D eigenvalue weighted by Crippen LogP contribution is 2.29. The van der Waals surface area contributed by atoms with Crippen LogP contribution in [0.5, 0.6) is 0 Å². The lowest BCUT2D eigenvalue weighted by molar-refractivity contribution is 0.0161. The third-order valence-corrected chi connectivity index (χ3v) is 3.24. The molecular weight excluding hydrogens is 174 g/mol. The number of unbranched alkanes of at least 4 members (excludes halogenated alkanes) is 2. The van der Waals surface area contributed by atoms with E-state index in [0.717, 1.165) is 25.9 Å². The minimum Gasteiger partial charge on any atom is -0.389 e. The van der Waals surface area contributed by atoms with Gasteiger partial charge in [0.25, 0.3) is 0 Å². The zero-order chi connectivity index (χ0) is 10.4. The van der Waals surface area contributed by atoms with Gasteiger partial charge >= 0.3 is 0 Å². The van der Waals surface area contributed by atoms with Gasteiger partial charge in [-0.05, 0) is 32.9 Å². The Kier molecular flexibility index (Phi) is 4.90. The summed E-state index contributed by atoms with van der Waals surface area (Å²) in [6, 6.07) is 0. The summed E-state index contributed by atoms with van der Waals surface area (Å²) in [6.07, 6.45) is 8.28. The van der Waals surface area contributed by atoms with Crippen LogP contribution in [0.25, 0.3) is 0 Å². The average molecular weight is 199 g/mol. The summed E-state index contributed by atoms with van der Waals surface area (Å²) in [6.45, 7) is 4.23. The monoisotopic (exact) mass is 199 g/mol. The molecule has 0 spiro atoms. The molecule has 0 radical (unpaired) electrons. The fourth-order valence-corrected chi connectivity index (χ4v) is 2.40. The van der Waals surface area contributed by atoms with E-state index in [4.69, 9.17) is 0 Å². The molecule has 0 aromatic rings. The molecule has 0 atom stereocenters. The Morgan fingerprint density at radius 3 is 2.43 bits per heavy atom. The molecule has 0 aliphatic heterocycles. The van der Waals surface area contributed by atoms with Crippen LogP contribution in [0.15, 0.2) is 0 Å². The van der Waals surface area contributed by atoms with Crippen molar-refractivity contribution in [1.29, 1.82) is 0 Å². The van der Waals surface area contributed by atoms with Crippen LogP contribution in [0, 0.1) is 0 Å². The molecule has 0 aromatic heterocycles. The molecule has 84 valence electrons. The second kappa shape index (κ2) is 5.72. The van der Waals surface area contributed by atoms with Gasteiger partial charge in [0.15, 0.2) is 0 Å². The molecule has 0 bridgehead atoms. The predicted octanol–water partition coefficient (Wildman–Crippen LogP) is 2.41. The molecular formula is C12H25NO. The fraction of sp³-hybridized carbons (Fsp3) is 1.00. The fourth-order valence-electron chi connectivity index (χ4n) is 2.40. The van der Waals surface area contributed by atoms with E-state index >= 15 is 0 Å². The SMILES string of the molecule is CCCCCN(C)CC1(O)CCCC1. The maximum atomic E-state index is 10.2. The first-order valence-corrected chi connectivity index (χ1v) is 6.07. The number of hydrogen-bond acceptors (Lipinski definition) is 2. The maximum absolute atomic E-state index is 10.2. The van der Waals surface area contributed by atoms with Gasteiger partial charge in [0.05, 0.1) is 5.60 Å². The molecule has 0 unspecified atom stereocenters. The minimum absolute atomic E-state index is 0.360. The molecule has 2 heteroatoms. The van der Waals surface area contributed by atoms with Crippen molar-refractivity contribution < 1.29 is 5.11 Å². The first-order chi connectivity index (χ1) is 6.66. The predicted molar refractivity (Wildman–Crippen MR) is 60.4 cm³/mol. The van der Waals surface area contributed by atoms with Gasteiger partial charge in [-0.15, -0.1) is 0 Å². The van der Waals surface area contributed by atoms with Gasteiger partial charge in [-0.2, -0.15) is 0 Å². The average Bonchev–Trinajstić information content (AvgIpc) is 2.52. The summed E-state index contributed by atoms with van der Waals surface area (Å²) in [7, 11) is 2.13. The Morgan fingerprint density at radius 2 is 1.86 bits per heavy atom. The van der Waals surface area contributed by atoms with Gasteiger partial charge in [-0.3, -0.25) is 0 Å². The summed E-state index contributed by atoms with van der Waals surface area (Å²) in [4.78, 5) is 2.29. The highest BCUT2D eigenvalue weighted by Gasteiger charge is 2.31. The molecule has 1 saturated carbocycles. The first kappa shape index (κ1) is 12.0. The van der Waals surface area contributed by atoms with Crippen LogP contribution in [-0.4, -0.2) is 35.7 Å². The summed E-state index contributed by atoms with van der Waals surface area (Å²) in [5.41, 5.74) is -0.360. The van der Waals surface area contributed by atoms with Crippen molar-refractivity contribution >= 4 is 0 Å². The van der Waals surface area contributed by atoms with Gasteiger partial charge in [-0.25, -0.2) is 0 Å². The van der Waals surface area contributed by atoms with Crippen molar-refractivity contribution in [2.24, 2.45) is 0 Å². The van der Waals surface area contributed by atoms with Crippen LogP contribution in [-0.2, 0) is 0 Å². The molecule has 1 rings (SSSR count). The van der Waals surface area contributed by atoms with E-state index in [1.54, 1.807) is 0 Å². The largest absolute Gasteiger partial charge is 0.389 e. The van der Waals surface area contributed by atoms with Crippen LogP contribution in [0.1, 0.15) is 51.9 Å². The van der Waals surface area contributed by atoms with Crippen molar-refractivity contribution in [3.8, 4) is 0 Å². The Balaban J connectivity index is 2.15. The Bertz CT molecular complexity index is 152. The van der Waals surface area contributed by atoms with Crippen LogP contribution in [0.4, 0.5) is 0 Å². The molecule has 0 saturated heterocycles. The zero-order valence-corrected chi connectivity index (χ0v) is 9.76. The Labute approximate surface area is 88.3 Å². The molecule has 1 fully saturated rings. The van der Waals surface area contributed by atoms with E-state index in [2.05, 4.69) is 18.9 Å². The topological polar surface area (TPSA) is 23.5 Å². The molecule has 0 heterocycles. The van der Waals surface area contributed by atoms with Crippen molar-refractivity contribution in [3.63, 3.8) is 0 Å². The van der Waals surface area contributed by atoms with Crippen molar-refractivity contribution in [1.82, 2.24) is 4.90 Å². The second-order valence-corrected chi connectivity index (χ2v) is 4.88. The Hall–Kier alpha value is -0.0800. The minimum atomic E-state index is -0.360. The zero-order valence-electron chi connectivity index (χ0n) is 9.76. The highest BCUT2D eigenvalue weighted by atomic mass is 16.3. The lowest BCUT2D eigenvalue weighted by Gasteiger charge is -2.28. The van der Waals surface area contributed by atoms with E-state index in [1.165, 1.54) is 32.1 Å². The summed E-state index contributed by atoms with van der Waals surface area (Å²) in [5, 5.41) is 10.2. The summed E-state index contributed by atoms with van der Waals surface area (Å²) >= 11 is 0. The Morgan fingerprint density at radius 1 is 1.21 bits per heavy atom. The molecule has 14 heavy (non-hydrogen) atoms. The number of likely N-dealkylation sites (N-methyl/N-ethyl adjacent to an activating group) is 1. The van der Waals surface area contributed by atoms with Crippen LogP contribution in [0.2, 0.25) is 0 Å². The van der Waals surface area contributed by atoms with E-state index < -0.39 is 0 Å². The summed E-state index contributed by atoms with van der Waals surface area (Å²) in [5.74, 6) is 0. The summed E-state index contributed by atoms with van der Waals surface area (Å²) < 4.78 is 0. The van der Waals surface area contributed by atoms with Crippen LogP contribution >= 0.6 is 0 Å². The molecule has 2 nitrogen and oxygen atoms in total. The van der Waals surface area contributed by atoms with E-state index in [-0.39, 0.29) is 5.60 Å². The lowest BCUT2D eigenvalue weighted by Crippen LogP contribution is -2.39. The third-order valence-electron chi connectivity index (χ3n) is 3.24. The van der Waals surface area contributed by atoms with Crippen molar-refractivity contribution in [2.45, 2.75) is 57.5 Å². The van der Waals surface area contributed by atoms with Crippen molar-refractivity contribution in [3.05, 3.63) is 0 Å². The van der Waals surface area contributed by atoms with Gasteiger partial charge in [0, 0.05) is 6.54 Å². The van der Waals surface area contributed by atoms with Gasteiger partial charge < -0.3 is 10.0 Å². The van der Waals surface area contributed by atoms with E-state index in [9.17, 15) is 5.11 Å². The molecule has 1 N–H and O–H groups in total. The quantitative estimate of drug-likeness (QED) is 0.664. The number of nitrogens with zero attached hydrogens (tertiary/aromatic N) is 1. The van der Waals surface area contributed by atoms with Crippen LogP contribution in [0.3, 0.4) is 0 Å². The number of hydrogen-bond donors (Lipinski definition) is 1. The molecule has 0 amide bonds. The van der Waals surface area contributed by atoms with E-state index in [0.29, 0.717) is 0 Å². The van der Waals surface area contributed by atoms with Gasteiger partial charge in [0.1, 0.15) is 0 Å². The number of aliphatic hydroxyl groups is 1. The van der Waals surface area contributed by atoms with Gasteiger partial charge in [-0.1, -0.05) is 32.6 Å².